The molecule has 1 aromatic carbocycles. The maximum atomic E-state index is 12.5. The smallest absolute Gasteiger partial charge is 0.253 e. The Morgan fingerprint density at radius 1 is 1.27 bits per heavy atom. The van der Waals surface area contributed by atoms with Crippen LogP contribution < -0.4 is 4.74 Å². The molecule has 2 rings (SSSR count). The summed E-state index contributed by atoms with van der Waals surface area (Å²) in [5.41, 5.74) is 1.68. The number of carbonyl (C=O) groups is 1. The van der Waals surface area contributed by atoms with Crippen molar-refractivity contribution in [1.29, 1.82) is 0 Å². The van der Waals surface area contributed by atoms with Gasteiger partial charge in [-0.1, -0.05) is 0 Å². The third kappa shape index (κ3) is 3.87. The topological polar surface area (TPSA) is 47.4 Å². The second kappa shape index (κ2) is 7.11. The third-order valence-electron chi connectivity index (χ3n) is 3.32. The van der Waals surface area contributed by atoms with E-state index in [1.54, 1.807) is 30.3 Å². The van der Waals surface area contributed by atoms with Gasteiger partial charge < -0.3 is 9.64 Å². The summed E-state index contributed by atoms with van der Waals surface area (Å²) in [4.78, 5) is 14.2. The summed E-state index contributed by atoms with van der Waals surface area (Å²) >= 11 is 0. The molecule has 1 heterocycles. The Kier molecular flexibility index (Phi) is 5.20. The lowest BCUT2D eigenvalue weighted by molar-refractivity contribution is 0.0781. The zero-order valence-electron chi connectivity index (χ0n) is 13.6. The fourth-order valence-electron chi connectivity index (χ4n) is 2.26. The van der Waals surface area contributed by atoms with Gasteiger partial charge in [-0.25, -0.2) is 0 Å². The fraction of sp³-hybridized carbons (Fsp3) is 0.412. The maximum Gasteiger partial charge on any atom is 0.253 e. The lowest BCUT2D eigenvalue weighted by atomic mass is 10.2. The highest BCUT2D eigenvalue weighted by molar-refractivity contribution is 5.94. The van der Waals surface area contributed by atoms with Gasteiger partial charge in [-0.05, 0) is 51.1 Å². The number of aryl methyl sites for hydroxylation is 1. The molecule has 0 aliphatic heterocycles. The first-order valence-electron chi connectivity index (χ1n) is 7.54. The number of aromatic nitrogens is 2. The van der Waals surface area contributed by atoms with E-state index in [1.807, 2.05) is 43.7 Å². The first kappa shape index (κ1) is 16.1. The molecule has 5 heteroatoms. The average molecular weight is 301 g/mol. The summed E-state index contributed by atoms with van der Waals surface area (Å²) in [6.07, 6.45) is 1.88. The predicted octanol–water partition coefficient (Wildman–Crippen LogP) is 2.96. The third-order valence-corrected chi connectivity index (χ3v) is 3.32. The van der Waals surface area contributed by atoms with Crippen molar-refractivity contribution >= 4 is 5.91 Å². The summed E-state index contributed by atoms with van der Waals surface area (Å²) in [6, 6.07) is 9.20. The molecule has 0 N–H and O–H groups in total. The summed E-state index contributed by atoms with van der Waals surface area (Å²) in [5.74, 6) is 0.762. The van der Waals surface area contributed by atoms with Crippen molar-refractivity contribution in [2.75, 3.05) is 7.05 Å². The molecule has 0 atom stereocenters. The number of hydrogen-bond donors (Lipinski definition) is 0. The van der Waals surface area contributed by atoms with Crippen LogP contribution in [0.3, 0.4) is 0 Å². The molecule has 1 amide bonds. The molecule has 0 fully saturated rings. The Hall–Kier alpha value is -2.30. The van der Waals surface area contributed by atoms with Crippen LogP contribution in [0.1, 0.15) is 36.8 Å². The van der Waals surface area contributed by atoms with Crippen LogP contribution in [0.2, 0.25) is 0 Å². The summed E-state index contributed by atoms with van der Waals surface area (Å²) in [7, 11) is 1.80. The molecule has 2 aromatic rings. The lowest BCUT2D eigenvalue weighted by Gasteiger charge is -2.18. The molecule has 0 bridgehead atoms. The van der Waals surface area contributed by atoms with Gasteiger partial charge in [0, 0.05) is 25.4 Å². The van der Waals surface area contributed by atoms with E-state index in [0.29, 0.717) is 12.1 Å². The Morgan fingerprint density at radius 3 is 2.55 bits per heavy atom. The van der Waals surface area contributed by atoms with Gasteiger partial charge in [0.05, 0.1) is 18.3 Å². The molecule has 22 heavy (non-hydrogen) atoms. The predicted molar refractivity (Wildman–Crippen MR) is 85.9 cm³/mol. The van der Waals surface area contributed by atoms with Gasteiger partial charge in [-0.15, -0.1) is 0 Å². The second-order valence-corrected chi connectivity index (χ2v) is 5.49. The van der Waals surface area contributed by atoms with Gasteiger partial charge in [-0.3, -0.25) is 9.48 Å². The van der Waals surface area contributed by atoms with Crippen LogP contribution in [0.5, 0.6) is 5.75 Å². The molecule has 0 radical (unpaired) electrons. The number of nitrogens with zero attached hydrogens (tertiary/aromatic N) is 3. The van der Waals surface area contributed by atoms with E-state index in [1.165, 1.54) is 0 Å². The molecule has 118 valence electrons. The zero-order valence-corrected chi connectivity index (χ0v) is 13.6. The van der Waals surface area contributed by atoms with Gasteiger partial charge in [-0.2, -0.15) is 5.10 Å². The molecule has 1 aromatic heterocycles. The van der Waals surface area contributed by atoms with Crippen LogP contribution in [-0.4, -0.2) is 33.7 Å². The van der Waals surface area contributed by atoms with E-state index in [4.69, 9.17) is 4.74 Å². The van der Waals surface area contributed by atoms with Crippen molar-refractivity contribution in [3.8, 4) is 5.75 Å². The van der Waals surface area contributed by atoms with Crippen LogP contribution in [0.25, 0.3) is 0 Å². The molecule has 5 nitrogen and oxygen atoms in total. The first-order chi connectivity index (χ1) is 10.5. The Balaban J connectivity index is 2.04. The van der Waals surface area contributed by atoms with E-state index in [0.717, 1.165) is 18.0 Å². The summed E-state index contributed by atoms with van der Waals surface area (Å²) in [6.45, 7) is 7.32. The van der Waals surface area contributed by atoms with Crippen molar-refractivity contribution in [2.24, 2.45) is 0 Å². The molecular formula is C17H23N3O2. The molecule has 0 aliphatic rings. The largest absolute Gasteiger partial charge is 0.491 e. The molecule has 0 unspecified atom stereocenters. The van der Waals surface area contributed by atoms with E-state index in [9.17, 15) is 4.79 Å². The van der Waals surface area contributed by atoms with E-state index >= 15 is 0 Å². The quantitative estimate of drug-likeness (QED) is 0.824. The maximum absolute atomic E-state index is 12.5. The summed E-state index contributed by atoms with van der Waals surface area (Å²) < 4.78 is 7.48. The minimum Gasteiger partial charge on any atom is -0.491 e. The monoisotopic (exact) mass is 301 g/mol. The highest BCUT2D eigenvalue weighted by Gasteiger charge is 2.14. The molecule has 0 aliphatic carbocycles. The Morgan fingerprint density at radius 2 is 1.95 bits per heavy atom. The molecule has 0 saturated heterocycles. The summed E-state index contributed by atoms with van der Waals surface area (Å²) in [5, 5.41) is 4.22. The Labute approximate surface area is 131 Å². The highest BCUT2D eigenvalue weighted by Crippen LogP contribution is 2.15. The van der Waals surface area contributed by atoms with E-state index in [-0.39, 0.29) is 12.0 Å². The first-order valence-corrected chi connectivity index (χ1v) is 7.54. The fourth-order valence-corrected chi connectivity index (χ4v) is 2.26. The minimum absolute atomic E-state index is 0.0139. The zero-order chi connectivity index (χ0) is 16.1. The van der Waals surface area contributed by atoms with Crippen LogP contribution >= 0.6 is 0 Å². The van der Waals surface area contributed by atoms with E-state index in [2.05, 4.69) is 5.10 Å². The number of ether oxygens (including phenoxy) is 1. The van der Waals surface area contributed by atoms with E-state index < -0.39 is 0 Å². The number of hydrogen-bond acceptors (Lipinski definition) is 3. The number of rotatable bonds is 6. The van der Waals surface area contributed by atoms with Crippen LogP contribution in [-0.2, 0) is 13.1 Å². The van der Waals surface area contributed by atoms with Gasteiger partial charge in [0.15, 0.2) is 0 Å². The normalized spacial score (nSPS) is 10.8. The lowest BCUT2D eigenvalue weighted by Crippen LogP contribution is -2.27. The van der Waals surface area contributed by atoms with Crippen molar-refractivity contribution in [2.45, 2.75) is 40.0 Å². The number of amides is 1. The van der Waals surface area contributed by atoms with Crippen molar-refractivity contribution in [3.63, 3.8) is 0 Å². The molecular weight excluding hydrogens is 278 g/mol. The van der Waals surface area contributed by atoms with Crippen molar-refractivity contribution < 1.29 is 9.53 Å². The number of carbonyl (C=O) groups excluding carboxylic acids is 1. The van der Waals surface area contributed by atoms with Crippen LogP contribution in [0, 0.1) is 0 Å². The number of benzene rings is 1. The van der Waals surface area contributed by atoms with Gasteiger partial charge in [0.1, 0.15) is 5.75 Å². The highest BCUT2D eigenvalue weighted by atomic mass is 16.5. The second-order valence-electron chi connectivity index (χ2n) is 5.49. The van der Waals surface area contributed by atoms with Crippen molar-refractivity contribution in [3.05, 3.63) is 47.8 Å². The van der Waals surface area contributed by atoms with Crippen LogP contribution in [0.4, 0.5) is 0 Å². The average Bonchev–Trinajstić information content (AvgIpc) is 2.93. The van der Waals surface area contributed by atoms with Gasteiger partial charge in [0.25, 0.3) is 5.91 Å². The molecule has 0 spiro atoms. The van der Waals surface area contributed by atoms with Gasteiger partial charge in [0.2, 0.25) is 0 Å². The van der Waals surface area contributed by atoms with Gasteiger partial charge >= 0.3 is 0 Å². The SMILES string of the molecule is CCn1nccc1CN(C)C(=O)c1ccc(OC(C)C)cc1. The van der Waals surface area contributed by atoms with Crippen molar-refractivity contribution in [1.82, 2.24) is 14.7 Å². The van der Waals surface area contributed by atoms with Crippen LogP contribution in [0.15, 0.2) is 36.5 Å². The minimum atomic E-state index is -0.0139. The standard InChI is InChI=1S/C17H23N3O2/c1-5-20-15(10-11-18-20)12-19(4)17(21)14-6-8-16(9-7-14)22-13(2)3/h6-11,13H,5,12H2,1-4H3. The Bertz CT molecular complexity index is 617. The molecule has 0 saturated carbocycles.